The molecule has 1 aliphatic rings. The molecule has 0 aromatic carbocycles. The highest BCUT2D eigenvalue weighted by Crippen LogP contribution is 2.21. The summed E-state index contributed by atoms with van der Waals surface area (Å²) in [5.41, 5.74) is 2.34. The maximum absolute atomic E-state index is 5.77. The van der Waals surface area contributed by atoms with E-state index >= 15 is 0 Å². The summed E-state index contributed by atoms with van der Waals surface area (Å²) in [5, 5.41) is 6.95. The summed E-state index contributed by atoms with van der Waals surface area (Å²) in [5.74, 6) is 0. The SMILES string of the molecule is c1cc(CN2CCOC(c3ccn[nH]3)C2)ccn1. The van der Waals surface area contributed by atoms with Crippen LogP contribution >= 0.6 is 0 Å². The summed E-state index contributed by atoms with van der Waals surface area (Å²) < 4.78 is 5.77. The van der Waals surface area contributed by atoms with Gasteiger partial charge in [0, 0.05) is 38.2 Å². The van der Waals surface area contributed by atoms with Crippen LogP contribution in [-0.4, -0.2) is 39.8 Å². The van der Waals surface area contributed by atoms with Crippen LogP contribution in [0.1, 0.15) is 17.4 Å². The molecule has 1 unspecified atom stereocenters. The number of hydrogen-bond acceptors (Lipinski definition) is 4. The van der Waals surface area contributed by atoms with Gasteiger partial charge in [-0.1, -0.05) is 0 Å². The number of hydrogen-bond donors (Lipinski definition) is 1. The summed E-state index contributed by atoms with van der Waals surface area (Å²) in [7, 11) is 0. The van der Waals surface area contributed by atoms with E-state index in [-0.39, 0.29) is 6.10 Å². The number of pyridine rings is 1. The molecule has 5 nitrogen and oxygen atoms in total. The molecule has 2 aromatic heterocycles. The Bertz CT molecular complexity index is 471. The van der Waals surface area contributed by atoms with Crippen LogP contribution in [0, 0.1) is 0 Å². The number of aromatic amines is 1. The fraction of sp³-hybridized carbons (Fsp3) is 0.385. The molecule has 1 fully saturated rings. The van der Waals surface area contributed by atoms with E-state index in [1.54, 1.807) is 6.20 Å². The molecule has 0 spiro atoms. The first-order chi connectivity index (χ1) is 8.92. The van der Waals surface area contributed by atoms with Crippen molar-refractivity contribution in [3.63, 3.8) is 0 Å². The van der Waals surface area contributed by atoms with Gasteiger partial charge in [0.05, 0.1) is 12.3 Å². The number of aromatic nitrogens is 3. The third-order valence-corrected chi connectivity index (χ3v) is 3.18. The van der Waals surface area contributed by atoms with Crippen molar-refractivity contribution in [1.29, 1.82) is 0 Å². The highest BCUT2D eigenvalue weighted by atomic mass is 16.5. The average Bonchev–Trinajstić information content (AvgIpc) is 2.94. The van der Waals surface area contributed by atoms with E-state index in [2.05, 4.69) is 32.2 Å². The second-order valence-corrected chi connectivity index (χ2v) is 4.46. The largest absolute Gasteiger partial charge is 0.369 e. The lowest BCUT2D eigenvalue weighted by Gasteiger charge is -2.32. The van der Waals surface area contributed by atoms with Gasteiger partial charge >= 0.3 is 0 Å². The van der Waals surface area contributed by atoms with Gasteiger partial charge in [-0.05, 0) is 23.8 Å². The van der Waals surface area contributed by atoms with E-state index in [9.17, 15) is 0 Å². The third kappa shape index (κ3) is 2.57. The molecule has 1 atom stereocenters. The topological polar surface area (TPSA) is 54.0 Å². The molecular formula is C13H16N4O. The predicted octanol–water partition coefficient (Wildman–Crippen LogP) is 1.38. The normalized spacial score (nSPS) is 21.0. The van der Waals surface area contributed by atoms with Gasteiger partial charge in [-0.3, -0.25) is 15.0 Å². The van der Waals surface area contributed by atoms with Crippen LogP contribution in [0.3, 0.4) is 0 Å². The first-order valence-corrected chi connectivity index (χ1v) is 6.14. The molecule has 2 aromatic rings. The van der Waals surface area contributed by atoms with E-state index < -0.39 is 0 Å². The van der Waals surface area contributed by atoms with Crippen molar-refractivity contribution in [3.05, 3.63) is 48.0 Å². The highest BCUT2D eigenvalue weighted by molar-refractivity contribution is 5.10. The molecule has 0 radical (unpaired) electrons. The van der Waals surface area contributed by atoms with Gasteiger partial charge in [-0.15, -0.1) is 0 Å². The molecule has 5 heteroatoms. The monoisotopic (exact) mass is 244 g/mol. The van der Waals surface area contributed by atoms with Crippen LogP contribution in [0.25, 0.3) is 0 Å². The average molecular weight is 244 g/mol. The Morgan fingerprint density at radius 2 is 2.17 bits per heavy atom. The zero-order chi connectivity index (χ0) is 12.2. The molecule has 0 amide bonds. The smallest absolute Gasteiger partial charge is 0.112 e. The Hall–Kier alpha value is -1.72. The molecule has 3 rings (SSSR count). The lowest BCUT2D eigenvalue weighted by Crippen LogP contribution is -2.37. The number of H-pyrrole nitrogens is 1. The summed E-state index contributed by atoms with van der Waals surface area (Å²) in [6, 6.07) is 6.09. The van der Waals surface area contributed by atoms with Crippen LogP contribution < -0.4 is 0 Å². The molecule has 0 bridgehead atoms. The molecule has 3 heterocycles. The van der Waals surface area contributed by atoms with Crippen LogP contribution in [0.5, 0.6) is 0 Å². The molecule has 1 N–H and O–H groups in total. The van der Waals surface area contributed by atoms with Crippen LogP contribution in [-0.2, 0) is 11.3 Å². The van der Waals surface area contributed by atoms with E-state index in [0.717, 1.165) is 31.9 Å². The lowest BCUT2D eigenvalue weighted by molar-refractivity contribution is -0.0350. The number of ether oxygens (including phenoxy) is 1. The quantitative estimate of drug-likeness (QED) is 0.886. The van der Waals surface area contributed by atoms with E-state index in [0.29, 0.717) is 0 Å². The fourth-order valence-corrected chi connectivity index (χ4v) is 2.23. The first kappa shape index (κ1) is 11.4. The summed E-state index contributed by atoms with van der Waals surface area (Å²) in [4.78, 5) is 6.43. The van der Waals surface area contributed by atoms with Gasteiger partial charge in [0.2, 0.25) is 0 Å². The van der Waals surface area contributed by atoms with Gasteiger partial charge in [0.15, 0.2) is 0 Å². The van der Waals surface area contributed by atoms with Gasteiger partial charge in [-0.2, -0.15) is 5.10 Å². The Balaban J connectivity index is 1.64. The maximum Gasteiger partial charge on any atom is 0.112 e. The Morgan fingerprint density at radius 1 is 1.28 bits per heavy atom. The lowest BCUT2D eigenvalue weighted by atomic mass is 10.2. The van der Waals surface area contributed by atoms with Gasteiger partial charge in [-0.25, -0.2) is 0 Å². The predicted molar refractivity (Wildman–Crippen MR) is 66.8 cm³/mol. The number of nitrogens with zero attached hydrogens (tertiary/aromatic N) is 3. The molecule has 1 saturated heterocycles. The Kier molecular flexibility index (Phi) is 3.34. The van der Waals surface area contributed by atoms with Crippen molar-refractivity contribution in [2.45, 2.75) is 12.6 Å². The minimum Gasteiger partial charge on any atom is -0.369 e. The zero-order valence-electron chi connectivity index (χ0n) is 10.1. The van der Waals surface area contributed by atoms with Crippen LogP contribution in [0.4, 0.5) is 0 Å². The molecule has 18 heavy (non-hydrogen) atoms. The Labute approximate surface area is 106 Å². The van der Waals surface area contributed by atoms with Crippen molar-refractivity contribution in [2.24, 2.45) is 0 Å². The van der Waals surface area contributed by atoms with Crippen LogP contribution in [0.15, 0.2) is 36.8 Å². The molecule has 1 aliphatic heterocycles. The fourth-order valence-electron chi connectivity index (χ4n) is 2.23. The summed E-state index contributed by atoms with van der Waals surface area (Å²) >= 11 is 0. The van der Waals surface area contributed by atoms with Gasteiger partial charge < -0.3 is 4.74 Å². The zero-order valence-corrected chi connectivity index (χ0v) is 10.1. The summed E-state index contributed by atoms with van der Waals surface area (Å²) in [6.45, 7) is 3.56. The second kappa shape index (κ2) is 5.29. The van der Waals surface area contributed by atoms with Crippen LogP contribution in [0.2, 0.25) is 0 Å². The van der Waals surface area contributed by atoms with Crippen molar-refractivity contribution < 1.29 is 4.74 Å². The van der Waals surface area contributed by atoms with Crippen molar-refractivity contribution in [1.82, 2.24) is 20.1 Å². The molecular weight excluding hydrogens is 228 g/mol. The minimum atomic E-state index is 0.100. The van der Waals surface area contributed by atoms with Crippen molar-refractivity contribution in [3.8, 4) is 0 Å². The third-order valence-electron chi connectivity index (χ3n) is 3.18. The maximum atomic E-state index is 5.77. The molecule has 0 saturated carbocycles. The highest BCUT2D eigenvalue weighted by Gasteiger charge is 2.22. The standard InChI is InChI=1S/C13H16N4O/c1-4-14-5-2-11(1)9-17-7-8-18-13(10-17)12-3-6-15-16-12/h1-6,13H,7-10H2,(H,15,16). The number of nitrogens with one attached hydrogen (secondary N) is 1. The van der Waals surface area contributed by atoms with Crippen molar-refractivity contribution in [2.75, 3.05) is 19.7 Å². The first-order valence-electron chi connectivity index (χ1n) is 6.14. The second-order valence-electron chi connectivity index (χ2n) is 4.46. The number of rotatable bonds is 3. The number of morpholine rings is 1. The van der Waals surface area contributed by atoms with E-state index in [1.165, 1.54) is 5.56 Å². The van der Waals surface area contributed by atoms with E-state index in [4.69, 9.17) is 4.74 Å². The van der Waals surface area contributed by atoms with Gasteiger partial charge in [0.1, 0.15) is 6.10 Å². The minimum absolute atomic E-state index is 0.100. The van der Waals surface area contributed by atoms with Gasteiger partial charge in [0.25, 0.3) is 0 Å². The van der Waals surface area contributed by atoms with E-state index in [1.807, 2.05) is 18.5 Å². The Morgan fingerprint density at radius 3 is 2.94 bits per heavy atom. The summed E-state index contributed by atoms with van der Waals surface area (Å²) in [6.07, 6.45) is 5.54. The molecule has 0 aliphatic carbocycles. The van der Waals surface area contributed by atoms with Crippen molar-refractivity contribution >= 4 is 0 Å². The molecule has 94 valence electrons.